The highest BCUT2D eigenvalue weighted by Gasteiger charge is 2.29. The van der Waals surface area contributed by atoms with Crippen molar-refractivity contribution in [3.63, 3.8) is 0 Å². The molecule has 0 spiro atoms. The number of aromatic hydroxyl groups is 1. The zero-order valence-electron chi connectivity index (χ0n) is 14.2. The Morgan fingerprint density at radius 1 is 1.08 bits per heavy atom. The van der Waals surface area contributed by atoms with Gasteiger partial charge in [-0.1, -0.05) is 37.3 Å². The van der Waals surface area contributed by atoms with Crippen LogP contribution in [0, 0.1) is 5.92 Å². The van der Waals surface area contributed by atoms with Gasteiger partial charge in [0.2, 0.25) is 0 Å². The molecule has 3 heteroatoms. The van der Waals surface area contributed by atoms with Crippen LogP contribution in [0.15, 0.2) is 54.6 Å². The van der Waals surface area contributed by atoms with Crippen molar-refractivity contribution in [1.29, 1.82) is 0 Å². The molecule has 1 heterocycles. The number of Topliss-reactive ketones (excluding diaryl/α,β-unsaturated/α-hetero) is 1. The molecule has 1 aliphatic heterocycles. The van der Waals surface area contributed by atoms with E-state index in [9.17, 15) is 9.90 Å². The van der Waals surface area contributed by atoms with E-state index in [1.807, 2.05) is 0 Å². The summed E-state index contributed by atoms with van der Waals surface area (Å²) in [4.78, 5) is 15.1. The van der Waals surface area contributed by atoms with E-state index >= 15 is 0 Å². The predicted molar refractivity (Wildman–Crippen MR) is 96.2 cm³/mol. The molecule has 1 N–H and O–H groups in total. The predicted octanol–water partition coefficient (Wildman–Crippen LogP) is 4.44. The summed E-state index contributed by atoms with van der Waals surface area (Å²) in [6.45, 7) is 4.15. The molecule has 2 aromatic carbocycles. The maximum atomic E-state index is 12.6. The Hall–Kier alpha value is -2.13. The lowest BCUT2D eigenvalue weighted by molar-refractivity contribution is 0.0786. The van der Waals surface area contributed by atoms with Crippen LogP contribution < -0.4 is 0 Å². The lowest BCUT2D eigenvalue weighted by Gasteiger charge is -2.37. The summed E-state index contributed by atoms with van der Waals surface area (Å²) in [6.07, 6.45) is 2.90. The summed E-state index contributed by atoms with van der Waals surface area (Å²) in [5, 5.41) is 9.36. The quantitative estimate of drug-likeness (QED) is 0.827. The van der Waals surface area contributed by atoms with Crippen LogP contribution in [-0.4, -0.2) is 28.9 Å². The monoisotopic (exact) mass is 323 g/mol. The van der Waals surface area contributed by atoms with Crippen LogP contribution in [0.3, 0.4) is 0 Å². The average molecular weight is 323 g/mol. The van der Waals surface area contributed by atoms with Crippen molar-refractivity contribution in [2.45, 2.75) is 32.2 Å². The molecule has 1 fully saturated rings. The molecule has 1 unspecified atom stereocenters. The smallest absolute Gasteiger partial charge is 0.166 e. The third-order valence-corrected chi connectivity index (χ3v) is 5.06. The van der Waals surface area contributed by atoms with Gasteiger partial charge in [0.25, 0.3) is 0 Å². The Kier molecular flexibility index (Phi) is 5.31. The van der Waals surface area contributed by atoms with Crippen molar-refractivity contribution >= 4 is 5.78 Å². The van der Waals surface area contributed by atoms with Crippen molar-refractivity contribution in [2.75, 3.05) is 13.1 Å². The first kappa shape index (κ1) is 16.7. The van der Waals surface area contributed by atoms with Gasteiger partial charge in [-0.15, -0.1) is 0 Å². The first-order chi connectivity index (χ1) is 11.7. The first-order valence-corrected chi connectivity index (χ1v) is 8.81. The van der Waals surface area contributed by atoms with Crippen molar-refractivity contribution in [3.8, 4) is 5.75 Å². The van der Waals surface area contributed by atoms with Gasteiger partial charge in [-0.25, -0.2) is 0 Å². The van der Waals surface area contributed by atoms with E-state index in [1.165, 1.54) is 5.56 Å². The summed E-state index contributed by atoms with van der Waals surface area (Å²) >= 11 is 0. The van der Waals surface area contributed by atoms with Crippen molar-refractivity contribution in [2.24, 2.45) is 5.92 Å². The minimum Gasteiger partial charge on any atom is -0.508 e. The van der Waals surface area contributed by atoms with Crippen LogP contribution in [0.25, 0.3) is 0 Å². The Labute approximate surface area is 143 Å². The fraction of sp³-hybridized carbons (Fsp3) is 0.381. The van der Waals surface area contributed by atoms with E-state index in [1.54, 1.807) is 24.3 Å². The van der Waals surface area contributed by atoms with E-state index in [0.717, 1.165) is 32.4 Å². The largest absolute Gasteiger partial charge is 0.508 e. The number of carbonyl (C=O) groups excluding carboxylic acids is 1. The lowest BCUT2D eigenvalue weighted by Crippen LogP contribution is -2.38. The maximum Gasteiger partial charge on any atom is 0.166 e. The van der Waals surface area contributed by atoms with Gasteiger partial charge in [-0.3, -0.25) is 9.69 Å². The Bertz CT molecular complexity index is 658. The first-order valence-electron chi connectivity index (χ1n) is 8.81. The molecule has 0 saturated carbocycles. The Morgan fingerprint density at radius 3 is 2.29 bits per heavy atom. The molecule has 1 atom stereocenters. The molecular weight excluding hydrogens is 298 g/mol. The summed E-state index contributed by atoms with van der Waals surface area (Å²) in [7, 11) is 0. The highest BCUT2D eigenvalue weighted by atomic mass is 16.3. The fourth-order valence-corrected chi connectivity index (χ4v) is 3.71. The molecule has 1 aliphatic rings. The van der Waals surface area contributed by atoms with E-state index in [2.05, 4.69) is 42.2 Å². The topological polar surface area (TPSA) is 40.5 Å². The van der Waals surface area contributed by atoms with Crippen molar-refractivity contribution < 1.29 is 9.90 Å². The molecular formula is C21H25NO2. The van der Waals surface area contributed by atoms with Gasteiger partial charge < -0.3 is 5.11 Å². The minimum absolute atomic E-state index is 0.0964. The molecule has 3 nitrogen and oxygen atoms in total. The Balaban J connectivity index is 1.62. The molecule has 1 saturated heterocycles. The number of rotatable bonds is 5. The van der Waals surface area contributed by atoms with Crippen LogP contribution in [0.2, 0.25) is 0 Å². The highest BCUT2D eigenvalue weighted by Crippen LogP contribution is 2.30. The van der Waals surface area contributed by atoms with Gasteiger partial charge in [0.05, 0.1) is 0 Å². The van der Waals surface area contributed by atoms with Crippen LogP contribution in [-0.2, 0) is 0 Å². The second-order valence-corrected chi connectivity index (χ2v) is 6.56. The Morgan fingerprint density at radius 2 is 1.71 bits per heavy atom. The SMILES string of the molecule is CCC(c1ccccc1)N1CCC(C(=O)c2ccc(O)cc2)CC1. The van der Waals surface area contributed by atoms with E-state index in [0.29, 0.717) is 11.6 Å². The molecule has 126 valence electrons. The number of carbonyl (C=O) groups is 1. The zero-order chi connectivity index (χ0) is 16.9. The lowest BCUT2D eigenvalue weighted by atomic mass is 9.87. The summed E-state index contributed by atoms with van der Waals surface area (Å²) < 4.78 is 0. The van der Waals surface area contributed by atoms with Gasteiger partial charge in [0.15, 0.2) is 5.78 Å². The van der Waals surface area contributed by atoms with Gasteiger partial charge in [-0.05, 0) is 62.2 Å². The molecule has 0 aromatic heterocycles. The molecule has 3 rings (SSSR count). The zero-order valence-corrected chi connectivity index (χ0v) is 14.2. The fourth-order valence-electron chi connectivity index (χ4n) is 3.71. The van der Waals surface area contributed by atoms with Crippen LogP contribution in [0.5, 0.6) is 5.75 Å². The molecule has 0 bridgehead atoms. The number of likely N-dealkylation sites (tertiary alicyclic amines) is 1. The second kappa shape index (κ2) is 7.63. The van der Waals surface area contributed by atoms with Crippen LogP contribution >= 0.6 is 0 Å². The van der Waals surface area contributed by atoms with E-state index in [-0.39, 0.29) is 17.5 Å². The number of hydrogen-bond donors (Lipinski definition) is 1. The molecule has 0 amide bonds. The highest BCUT2D eigenvalue weighted by molar-refractivity contribution is 5.98. The standard InChI is InChI=1S/C21H25NO2/c1-2-20(16-6-4-3-5-7-16)22-14-12-18(13-15-22)21(24)17-8-10-19(23)11-9-17/h3-11,18,20,23H,2,12-15H2,1H3. The minimum atomic E-state index is 0.0964. The van der Waals surface area contributed by atoms with Crippen LogP contribution in [0.1, 0.15) is 48.1 Å². The van der Waals surface area contributed by atoms with Crippen molar-refractivity contribution in [3.05, 3.63) is 65.7 Å². The van der Waals surface area contributed by atoms with Gasteiger partial charge in [0.1, 0.15) is 5.75 Å². The third kappa shape index (κ3) is 3.68. The normalized spacial score (nSPS) is 17.5. The van der Waals surface area contributed by atoms with Gasteiger partial charge >= 0.3 is 0 Å². The number of phenolic OH excluding ortho intramolecular Hbond substituents is 1. The molecule has 0 radical (unpaired) electrons. The van der Waals surface area contributed by atoms with Gasteiger partial charge in [0, 0.05) is 17.5 Å². The summed E-state index contributed by atoms with van der Waals surface area (Å²) in [6, 6.07) is 17.7. The number of nitrogens with zero attached hydrogens (tertiary/aromatic N) is 1. The van der Waals surface area contributed by atoms with Crippen LogP contribution in [0.4, 0.5) is 0 Å². The van der Waals surface area contributed by atoms with E-state index < -0.39 is 0 Å². The summed E-state index contributed by atoms with van der Waals surface area (Å²) in [5.41, 5.74) is 2.07. The number of benzene rings is 2. The summed E-state index contributed by atoms with van der Waals surface area (Å²) in [5.74, 6) is 0.511. The second-order valence-electron chi connectivity index (χ2n) is 6.56. The molecule has 24 heavy (non-hydrogen) atoms. The van der Waals surface area contributed by atoms with Gasteiger partial charge in [-0.2, -0.15) is 0 Å². The molecule has 2 aromatic rings. The number of ketones is 1. The third-order valence-electron chi connectivity index (χ3n) is 5.06. The number of hydrogen-bond acceptors (Lipinski definition) is 3. The maximum absolute atomic E-state index is 12.6. The average Bonchev–Trinajstić information content (AvgIpc) is 2.64. The van der Waals surface area contributed by atoms with E-state index in [4.69, 9.17) is 0 Å². The number of piperidine rings is 1. The van der Waals surface area contributed by atoms with Crippen molar-refractivity contribution in [1.82, 2.24) is 4.90 Å². The molecule has 0 aliphatic carbocycles. The number of phenols is 1.